The monoisotopic (exact) mass is 244 g/mol. The van der Waals surface area contributed by atoms with Crippen LogP contribution in [0.5, 0.6) is 0 Å². The first-order chi connectivity index (χ1) is 8.86. The van der Waals surface area contributed by atoms with Gasteiger partial charge in [0.15, 0.2) is 0 Å². The van der Waals surface area contributed by atoms with Crippen LogP contribution in [0.4, 0.5) is 0 Å². The van der Waals surface area contributed by atoms with Crippen molar-refractivity contribution in [1.29, 1.82) is 0 Å². The predicted molar refractivity (Wildman–Crippen MR) is 77.3 cm³/mol. The Morgan fingerprint density at radius 1 is 1.39 bits per heavy atom. The molecule has 0 saturated heterocycles. The molecule has 0 aromatic carbocycles. The fourth-order valence-corrected chi connectivity index (χ4v) is 2.02. The van der Waals surface area contributed by atoms with Crippen molar-refractivity contribution < 1.29 is 0 Å². The second-order valence-corrected chi connectivity index (χ2v) is 4.61. The normalized spacial score (nSPS) is 12.0. The van der Waals surface area contributed by atoms with Gasteiger partial charge in [-0.1, -0.05) is 13.0 Å². The number of hydrogen-bond acceptors (Lipinski definition) is 2. The molecule has 1 N–H and O–H groups in total. The molecule has 1 rings (SSSR count). The number of aryl methyl sites for hydroxylation is 1. The number of pyridine rings is 1. The highest BCUT2D eigenvalue weighted by atomic mass is 14.9. The van der Waals surface area contributed by atoms with E-state index < -0.39 is 0 Å². The van der Waals surface area contributed by atoms with E-state index in [2.05, 4.69) is 35.3 Å². The molecule has 0 aliphatic heterocycles. The van der Waals surface area contributed by atoms with Gasteiger partial charge in [-0.2, -0.15) is 0 Å². The first kappa shape index (κ1) is 14.7. The summed E-state index contributed by atoms with van der Waals surface area (Å²) in [6, 6.07) is 6.68. The van der Waals surface area contributed by atoms with Crippen molar-refractivity contribution in [2.24, 2.45) is 0 Å². The van der Waals surface area contributed by atoms with Crippen molar-refractivity contribution >= 4 is 0 Å². The van der Waals surface area contributed by atoms with Crippen LogP contribution in [-0.2, 0) is 6.42 Å². The minimum absolute atomic E-state index is 0.570. The van der Waals surface area contributed by atoms with Crippen LogP contribution in [0.2, 0.25) is 0 Å². The van der Waals surface area contributed by atoms with Crippen LogP contribution in [0, 0.1) is 12.3 Å². The summed E-state index contributed by atoms with van der Waals surface area (Å²) in [4.78, 5) is 4.37. The molecule has 1 aromatic heterocycles. The number of terminal acetylenes is 1. The van der Waals surface area contributed by atoms with Crippen molar-refractivity contribution in [1.82, 2.24) is 10.3 Å². The van der Waals surface area contributed by atoms with E-state index in [0.717, 1.165) is 38.6 Å². The average molecular weight is 244 g/mol. The maximum absolute atomic E-state index is 5.30. The van der Waals surface area contributed by atoms with E-state index in [9.17, 15) is 0 Å². The predicted octanol–water partition coefficient (Wildman–Crippen LogP) is 3.19. The standard InChI is InChI=1S/C16H24N2/c1-3-5-6-9-15(17-13-4-2)11-12-16-10-7-8-14-18-16/h1,7-8,10,14-15,17H,4-6,9,11-13H2,2H3. The summed E-state index contributed by atoms with van der Waals surface area (Å²) in [7, 11) is 0. The Kier molecular flexibility index (Phi) is 7.92. The van der Waals surface area contributed by atoms with E-state index >= 15 is 0 Å². The van der Waals surface area contributed by atoms with Gasteiger partial charge in [-0.15, -0.1) is 12.3 Å². The Morgan fingerprint density at radius 2 is 2.28 bits per heavy atom. The molecule has 1 heterocycles. The van der Waals surface area contributed by atoms with Crippen LogP contribution in [0.3, 0.4) is 0 Å². The van der Waals surface area contributed by atoms with E-state index in [1.54, 1.807) is 0 Å². The van der Waals surface area contributed by atoms with E-state index in [1.807, 2.05) is 12.3 Å². The minimum Gasteiger partial charge on any atom is -0.314 e. The maximum Gasteiger partial charge on any atom is 0.0404 e. The third-order valence-electron chi connectivity index (χ3n) is 3.03. The summed E-state index contributed by atoms with van der Waals surface area (Å²) < 4.78 is 0. The fraction of sp³-hybridized carbons (Fsp3) is 0.562. The molecule has 1 aromatic rings. The molecule has 1 unspecified atom stereocenters. The smallest absolute Gasteiger partial charge is 0.0404 e. The third kappa shape index (κ3) is 6.42. The lowest BCUT2D eigenvalue weighted by Crippen LogP contribution is -2.30. The average Bonchev–Trinajstić information content (AvgIpc) is 2.42. The Bertz CT molecular complexity index is 340. The summed E-state index contributed by atoms with van der Waals surface area (Å²) in [6.45, 7) is 3.28. The molecule has 98 valence electrons. The zero-order chi connectivity index (χ0) is 13.1. The lowest BCUT2D eigenvalue weighted by molar-refractivity contribution is 0.442. The number of unbranched alkanes of at least 4 members (excludes halogenated alkanes) is 1. The van der Waals surface area contributed by atoms with Crippen molar-refractivity contribution in [2.45, 2.75) is 51.5 Å². The molecule has 0 bridgehead atoms. The lowest BCUT2D eigenvalue weighted by Gasteiger charge is -2.17. The summed E-state index contributed by atoms with van der Waals surface area (Å²) in [5, 5.41) is 3.60. The molecule has 0 aliphatic carbocycles. The van der Waals surface area contributed by atoms with Gasteiger partial charge < -0.3 is 5.32 Å². The van der Waals surface area contributed by atoms with Crippen LogP contribution in [0.25, 0.3) is 0 Å². The Labute approximate surface area is 111 Å². The molecule has 0 saturated carbocycles. The van der Waals surface area contributed by atoms with Crippen molar-refractivity contribution in [3.63, 3.8) is 0 Å². The highest BCUT2D eigenvalue weighted by Gasteiger charge is 2.07. The van der Waals surface area contributed by atoms with Crippen molar-refractivity contribution in [3.05, 3.63) is 30.1 Å². The summed E-state index contributed by atoms with van der Waals surface area (Å²) >= 11 is 0. The molecule has 18 heavy (non-hydrogen) atoms. The molecule has 1 atom stereocenters. The summed E-state index contributed by atoms with van der Waals surface area (Å²) in [6.07, 6.45) is 13.7. The number of rotatable bonds is 9. The highest BCUT2D eigenvalue weighted by molar-refractivity contribution is 5.03. The SMILES string of the molecule is C#CCCCC(CCc1ccccn1)NCCC. The first-order valence-corrected chi connectivity index (χ1v) is 6.93. The largest absolute Gasteiger partial charge is 0.314 e. The van der Waals surface area contributed by atoms with E-state index in [-0.39, 0.29) is 0 Å². The zero-order valence-electron chi connectivity index (χ0n) is 11.4. The highest BCUT2D eigenvalue weighted by Crippen LogP contribution is 2.08. The van der Waals surface area contributed by atoms with Gasteiger partial charge in [-0.05, 0) is 50.8 Å². The van der Waals surface area contributed by atoms with Gasteiger partial charge >= 0.3 is 0 Å². The number of hydrogen-bond donors (Lipinski definition) is 1. The third-order valence-corrected chi connectivity index (χ3v) is 3.03. The number of nitrogens with zero attached hydrogens (tertiary/aromatic N) is 1. The van der Waals surface area contributed by atoms with Crippen LogP contribution in [0.1, 0.15) is 44.7 Å². The molecule has 0 radical (unpaired) electrons. The van der Waals surface area contributed by atoms with Gasteiger partial charge in [-0.3, -0.25) is 4.98 Å². The molecule has 2 heteroatoms. The second-order valence-electron chi connectivity index (χ2n) is 4.61. The van der Waals surface area contributed by atoms with Gasteiger partial charge in [0.25, 0.3) is 0 Å². The van der Waals surface area contributed by atoms with E-state index in [4.69, 9.17) is 6.42 Å². The van der Waals surface area contributed by atoms with Crippen LogP contribution in [-0.4, -0.2) is 17.6 Å². The van der Waals surface area contributed by atoms with E-state index in [0.29, 0.717) is 6.04 Å². The Balaban J connectivity index is 2.33. The minimum atomic E-state index is 0.570. The van der Waals surface area contributed by atoms with Crippen LogP contribution in [0.15, 0.2) is 24.4 Å². The molecular weight excluding hydrogens is 220 g/mol. The van der Waals surface area contributed by atoms with Crippen molar-refractivity contribution in [3.8, 4) is 12.3 Å². The lowest BCUT2D eigenvalue weighted by atomic mass is 10.0. The van der Waals surface area contributed by atoms with E-state index in [1.165, 1.54) is 12.1 Å². The molecule has 0 spiro atoms. The fourth-order valence-electron chi connectivity index (χ4n) is 2.02. The molecular formula is C16H24N2. The molecule has 2 nitrogen and oxygen atoms in total. The first-order valence-electron chi connectivity index (χ1n) is 6.93. The van der Waals surface area contributed by atoms with Crippen LogP contribution < -0.4 is 5.32 Å². The Hall–Kier alpha value is -1.33. The topological polar surface area (TPSA) is 24.9 Å². The molecule has 0 fully saturated rings. The van der Waals surface area contributed by atoms with Gasteiger partial charge in [0, 0.05) is 24.4 Å². The number of nitrogens with one attached hydrogen (secondary N) is 1. The molecule has 0 aliphatic rings. The Morgan fingerprint density at radius 3 is 2.94 bits per heavy atom. The quantitative estimate of drug-likeness (QED) is 0.533. The summed E-state index contributed by atoms with van der Waals surface area (Å²) in [5.41, 5.74) is 1.18. The number of aromatic nitrogens is 1. The van der Waals surface area contributed by atoms with Gasteiger partial charge in [0.1, 0.15) is 0 Å². The second kappa shape index (κ2) is 9.67. The summed E-state index contributed by atoms with van der Waals surface area (Å²) in [5.74, 6) is 2.71. The van der Waals surface area contributed by atoms with Crippen molar-refractivity contribution in [2.75, 3.05) is 6.54 Å². The van der Waals surface area contributed by atoms with Gasteiger partial charge in [0.05, 0.1) is 0 Å². The zero-order valence-corrected chi connectivity index (χ0v) is 11.4. The van der Waals surface area contributed by atoms with Crippen LogP contribution >= 0.6 is 0 Å². The maximum atomic E-state index is 5.30. The van der Waals surface area contributed by atoms with Gasteiger partial charge in [-0.25, -0.2) is 0 Å². The molecule has 0 amide bonds. The van der Waals surface area contributed by atoms with Gasteiger partial charge in [0.2, 0.25) is 0 Å².